The molecule has 1 aliphatic rings. The van der Waals surface area contributed by atoms with Crippen LogP contribution < -0.4 is 0 Å². The first-order valence-corrected chi connectivity index (χ1v) is 7.17. The molecule has 0 aliphatic carbocycles. The van der Waals surface area contributed by atoms with E-state index in [1.54, 1.807) is 4.68 Å². The quantitative estimate of drug-likeness (QED) is 0.926. The van der Waals surface area contributed by atoms with E-state index in [0.717, 1.165) is 30.8 Å². The summed E-state index contributed by atoms with van der Waals surface area (Å²) in [6, 6.07) is 9.36. The van der Waals surface area contributed by atoms with Gasteiger partial charge in [-0.2, -0.15) is 0 Å². The first-order chi connectivity index (χ1) is 10.2. The molecule has 1 aliphatic heterocycles. The van der Waals surface area contributed by atoms with Crippen LogP contribution in [0.4, 0.5) is 0 Å². The molecule has 3 rings (SSSR count). The largest absolute Gasteiger partial charge is 0.480 e. The van der Waals surface area contributed by atoms with Crippen molar-refractivity contribution in [3.8, 4) is 5.69 Å². The van der Waals surface area contributed by atoms with Gasteiger partial charge < -0.3 is 5.11 Å². The lowest BCUT2D eigenvalue weighted by Crippen LogP contribution is -2.44. The van der Waals surface area contributed by atoms with Gasteiger partial charge in [0.15, 0.2) is 0 Å². The van der Waals surface area contributed by atoms with Gasteiger partial charge in [0.05, 0.1) is 17.6 Å². The van der Waals surface area contributed by atoms with Crippen LogP contribution in [-0.2, 0) is 11.3 Å². The highest BCUT2D eigenvalue weighted by molar-refractivity contribution is 5.73. The van der Waals surface area contributed by atoms with Gasteiger partial charge in [-0.3, -0.25) is 9.69 Å². The molecule has 0 bridgehead atoms. The minimum Gasteiger partial charge on any atom is -0.480 e. The monoisotopic (exact) mass is 286 g/mol. The molecule has 1 fully saturated rings. The van der Waals surface area contributed by atoms with Gasteiger partial charge in [-0.1, -0.05) is 29.8 Å². The summed E-state index contributed by atoms with van der Waals surface area (Å²) in [7, 11) is 0. The molecular formula is C15H18N4O2. The molecule has 21 heavy (non-hydrogen) atoms. The summed E-state index contributed by atoms with van der Waals surface area (Å²) in [6.45, 7) is 1.33. The van der Waals surface area contributed by atoms with Crippen molar-refractivity contribution in [3.63, 3.8) is 0 Å². The van der Waals surface area contributed by atoms with Crippen molar-refractivity contribution in [2.75, 3.05) is 6.54 Å². The Labute approximate surface area is 123 Å². The normalized spacial score (nSPS) is 19.5. The fraction of sp³-hybridized carbons (Fsp3) is 0.400. The Morgan fingerprint density at radius 1 is 1.29 bits per heavy atom. The molecule has 0 radical (unpaired) electrons. The molecule has 0 spiro atoms. The molecule has 1 N–H and O–H groups in total. The first-order valence-electron chi connectivity index (χ1n) is 7.17. The molecule has 110 valence electrons. The van der Waals surface area contributed by atoms with Crippen molar-refractivity contribution in [3.05, 3.63) is 42.2 Å². The molecule has 1 aromatic carbocycles. The summed E-state index contributed by atoms with van der Waals surface area (Å²) in [5.41, 5.74) is 1.75. The summed E-state index contributed by atoms with van der Waals surface area (Å²) >= 11 is 0. The molecule has 0 amide bonds. The standard InChI is InChI=1S/C15H18N4O2/c20-15(21)14-8-4-5-9-18(14)10-12-11-19(17-16-12)13-6-2-1-3-7-13/h1-3,6-7,11,14H,4-5,8-10H2,(H,20,21). The van der Waals surface area contributed by atoms with Crippen molar-refractivity contribution < 1.29 is 9.90 Å². The van der Waals surface area contributed by atoms with Gasteiger partial charge >= 0.3 is 5.97 Å². The van der Waals surface area contributed by atoms with Crippen LogP contribution in [0.1, 0.15) is 25.0 Å². The van der Waals surface area contributed by atoms with Crippen LogP contribution in [0.5, 0.6) is 0 Å². The summed E-state index contributed by atoms with van der Waals surface area (Å²) in [6.07, 6.45) is 4.59. The molecule has 6 nitrogen and oxygen atoms in total. The van der Waals surface area contributed by atoms with Gasteiger partial charge in [-0.25, -0.2) is 4.68 Å². The number of aromatic nitrogens is 3. The molecule has 1 atom stereocenters. The van der Waals surface area contributed by atoms with Crippen LogP contribution in [0, 0.1) is 0 Å². The van der Waals surface area contributed by atoms with Gasteiger partial charge in [-0.05, 0) is 31.5 Å². The number of carboxylic acid groups (broad SMARTS) is 1. The predicted octanol–water partition coefficient (Wildman–Crippen LogP) is 1.71. The Bertz CT molecular complexity index is 611. The van der Waals surface area contributed by atoms with Crippen molar-refractivity contribution in [1.82, 2.24) is 19.9 Å². The topological polar surface area (TPSA) is 71.2 Å². The lowest BCUT2D eigenvalue weighted by atomic mass is 10.0. The number of piperidine rings is 1. The molecule has 2 heterocycles. The highest BCUT2D eigenvalue weighted by atomic mass is 16.4. The van der Waals surface area contributed by atoms with Crippen molar-refractivity contribution in [2.24, 2.45) is 0 Å². The smallest absolute Gasteiger partial charge is 0.320 e. The second kappa shape index (κ2) is 6.05. The van der Waals surface area contributed by atoms with Crippen molar-refractivity contribution >= 4 is 5.97 Å². The number of hydrogen-bond donors (Lipinski definition) is 1. The van der Waals surface area contributed by atoms with Gasteiger partial charge in [0.2, 0.25) is 0 Å². The summed E-state index contributed by atoms with van der Waals surface area (Å²) in [4.78, 5) is 13.3. The van der Waals surface area contributed by atoms with Crippen LogP contribution in [0.2, 0.25) is 0 Å². The van der Waals surface area contributed by atoms with Crippen LogP contribution in [0.15, 0.2) is 36.5 Å². The van der Waals surface area contributed by atoms with E-state index in [2.05, 4.69) is 10.3 Å². The minimum atomic E-state index is -0.745. The number of benzene rings is 1. The highest BCUT2D eigenvalue weighted by Gasteiger charge is 2.28. The second-order valence-corrected chi connectivity index (χ2v) is 5.31. The summed E-state index contributed by atoms with van der Waals surface area (Å²) in [5.74, 6) is -0.745. The van der Waals surface area contributed by atoms with Gasteiger partial charge in [0, 0.05) is 6.54 Å². The SMILES string of the molecule is O=C(O)C1CCCCN1Cc1cn(-c2ccccc2)nn1. The van der Waals surface area contributed by atoms with E-state index in [1.165, 1.54) is 0 Å². The van der Waals surface area contributed by atoms with Crippen LogP contribution in [0.3, 0.4) is 0 Å². The minimum absolute atomic E-state index is 0.402. The molecule has 6 heteroatoms. The van der Waals surface area contributed by atoms with Crippen LogP contribution in [0.25, 0.3) is 5.69 Å². The zero-order chi connectivity index (χ0) is 14.7. The van der Waals surface area contributed by atoms with E-state index in [-0.39, 0.29) is 0 Å². The Kier molecular flexibility index (Phi) is 3.96. The Balaban J connectivity index is 1.73. The maximum absolute atomic E-state index is 11.3. The Morgan fingerprint density at radius 3 is 2.86 bits per heavy atom. The number of carbonyl (C=O) groups is 1. The molecule has 2 aromatic rings. The Morgan fingerprint density at radius 2 is 2.10 bits per heavy atom. The average molecular weight is 286 g/mol. The number of nitrogens with zero attached hydrogens (tertiary/aromatic N) is 4. The predicted molar refractivity (Wildman–Crippen MR) is 77.0 cm³/mol. The van der Waals surface area contributed by atoms with E-state index in [0.29, 0.717) is 13.0 Å². The molecule has 1 unspecified atom stereocenters. The van der Waals surface area contributed by atoms with Gasteiger partial charge in [0.25, 0.3) is 0 Å². The van der Waals surface area contributed by atoms with E-state index in [4.69, 9.17) is 0 Å². The first kappa shape index (κ1) is 13.8. The third-order valence-corrected chi connectivity index (χ3v) is 3.83. The number of likely N-dealkylation sites (tertiary alicyclic amines) is 1. The number of hydrogen-bond acceptors (Lipinski definition) is 4. The van der Waals surface area contributed by atoms with Gasteiger partial charge in [-0.15, -0.1) is 5.10 Å². The molecule has 1 saturated heterocycles. The van der Waals surface area contributed by atoms with E-state index in [1.807, 2.05) is 41.4 Å². The van der Waals surface area contributed by atoms with Crippen LogP contribution >= 0.6 is 0 Å². The summed E-state index contributed by atoms with van der Waals surface area (Å²) in [5, 5.41) is 17.6. The fourth-order valence-corrected chi connectivity index (χ4v) is 2.75. The number of para-hydroxylation sites is 1. The lowest BCUT2D eigenvalue weighted by molar-refractivity contribution is -0.144. The number of rotatable bonds is 4. The highest BCUT2D eigenvalue weighted by Crippen LogP contribution is 2.19. The molecule has 1 aromatic heterocycles. The van der Waals surface area contributed by atoms with Crippen molar-refractivity contribution in [2.45, 2.75) is 31.8 Å². The molecule has 0 saturated carbocycles. The summed E-state index contributed by atoms with van der Waals surface area (Å²) < 4.78 is 1.72. The second-order valence-electron chi connectivity index (χ2n) is 5.31. The van der Waals surface area contributed by atoms with E-state index in [9.17, 15) is 9.90 Å². The van der Waals surface area contributed by atoms with Gasteiger partial charge in [0.1, 0.15) is 6.04 Å². The average Bonchev–Trinajstić information content (AvgIpc) is 2.97. The Hall–Kier alpha value is -2.21. The van der Waals surface area contributed by atoms with Crippen LogP contribution in [-0.4, -0.2) is 43.6 Å². The molecular weight excluding hydrogens is 268 g/mol. The number of aliphatic carboxylic acids is 1. The number of carboxylic acids is 1. The maximum atomic E-state index is 11.3. The van der Waals surface area contributed by atoms with Crippen molar-refractivity contribution in [1.29, 1.82) is 0 Å². The fourth-order valence-electron chi connectivity index (χ4n) is 2.75. The lowest BCUT2D eigenvalue weighted by Gasteiger charge is -2.31. The van der Waals surface area contributed by atoms with E-state index >= 15 is 0 Å². The zero-order valence-corrected chi connectivity index (χ0v) is 11.7. The van der Waals surface area contributed by atoms with E-state index < -0.39 is 12.0 Å². The third kappa shape index (κ3) is 3.11. The third-order valence-electron chi connectivity index (χ3n) is 3.83. The maximum Gasteiger partial charge on any atom is 0.320 e. The zero-order valence-electron chi connectivity index (χ0n) is 11.7.